The number of ether oxygens (including phenoxy) is 1. The first-order valence-corrected chi connectivity index (χ1v) is 8.35. The SMILES string of the molecule is CO[C@@H](C(=O)N/N=C(/C)c1ccc(C(C)(C)C)cc1)c1ccccc1. The van der Waals surface area contributed by atoms with Crippen LogP contribution in [0.1, 0.15) is 50.5 Å². The average molecular weight is 338 g/mol. The molecule has 0 aliphatic carbocycles. The number of rotatable bonds is 5. The van der Waals surface area contributed by atoms with Crippen LogP contribution in [-0.4, -0.2) is 18.7 Å². The normalized spacial score (nSPS) is 13.4. The van der Waals surface area contributed by atoms with Crippen LogP contribution in [0.4, 0.5) is 0 Å². The Balaban J connectivity index is 2.08. The molecule has 2 rings (SSSR count). The van der Waals surface area contributed by atoms with E-state index in [1.165, 1.54) is 12.7 Å². The molecular weight excluding hydrogens is 312 g/mol. The Morgan fingerprint density at radius 2 is 1.64 bits per heavy atom. The van der Waals surface area contributed by atoms with E-state index < -0.39 is 6.10 Å². The molecule has 0 unspecified atom stereocenters. The first-order chi connectivity index (χ1) is 11.8. The second-order valence-corrected chi connectivity index (χ2v) is 7.03. The van der Waals surface area contributed by atoms with Crippen molar-refractivity contribution < 1.29 is 9.53 Å². The van der Waals surface area contributed by atoms with Crippen LogP contribution in [-0.2, 0) is 14.9 Å². The van der Waals surface area contributed by atoms with E-state index in [1.807, 2.05) is 49.4 Å². The third-order valence-electron chi connectivity index (χ3n) is 4.08. The lowest BCUT2D eigenvalue weighted by Crippen LogP contribution is -2.27. The molecule has 4 heteroatoms. The molecule has 2 aromatic carbocycles. The highest BCUT2D eigenvalue weighted by Gasteiger charge is 2.19. The summed E-state index contributed by atoms with van der Waals surface area (Å²) in [7, 11) is 1.51. The van der Waals surface area contributed by atoms with E-state index in [0.717, 1.165) is 16.8 Å². The number of amides is 1. The van der Waals surface area contributed by atoms with Crippen LogP contribution < -0.4 is 5.43 Å². The number of hydrazone groups is 1. The molecule has 0 saturated heterocycles. The Hall–Kier alpha value is -2.46. The van der Waals surface area contributed by atoms with Gasteiger partial charge in [-0.05, 0) is 29.0 Å². The van der Waals surface area contributed by atoms with Gasteiger partial charge in [-0.1, -0.05) is 75.4 Å². The van der Waals surface area contributed by atoms with Gasteiger partial charge in [0.2, 0.25) is 0 Å². The van der Waals surface area contributed by atoms with Crippen LogP contribution in [0.2, 0.25) is 0 Å². The van der Waals surface area contributed by atoms with Crippen LogP contribution in [0.3, 0.4) is 0 Å². The fraction of sp³-hybridized carbons (Fsp3) is 0.333. The van der Waals surface area contributed by atoms with Crippen LogP contribution in [0, 0.1) is 0 Å². The number of hydrogen-bond donors (Lipinski definition) is 1. The van der Waals surface area contributed by atoms with Crippen molar-refractivity contribution in [1.29, 1.82) is 0 Å². The maximum atomic E-state index is 12.4. The van der Waals surface area contributed by atoms with Gasteiger partial charge in [-0.15, -0.1) is 0 Å². The number of methoxy groups -OCH3 is 1. The minimum atomic E-state index is -0.680. The zero-order valence-corrected chi connectivity index (χ0v) is 15.5. The highest BCUT2D eigenvalue weighted by Crippen LogP contribution is 2.22. The lowest BCUT2D eigenvalue weighted by Gasteiger charge is -2.19. The van der Waals surface area contributed by atoms with Crippen LogP contribution in [0.5, 0.6) is 0 Å². The van der Waals surface area contributed by atoms with E-state index in [-0.39, 0.29) is 11.3 Å². The molecule has 0 heterocycles. The summed E-state index contributed by atoms with van der Waals surface area (Å²) in [5.41, 5.74) is 6.49. The predicted molar refractivity (Wildman–Crippen MR) is 102 cm³/mol. The van der Waals surface area contributed by atoms with Crippen LogP contribution >= 0.6 is 0 Å². The quantitative estimate of drug-likeness (QED) is 0.656. The van der Waals surface area contributed by atoms with Gasteiger partial charge in [0.15, 0.2) is 6.10 Å². The molecule has 0 spiro atoms. The highest BCUT2D eigenvalue weighted by atomic mass is 16.5. The zero-order chi connectivity index (χ0) is 18.4. The molecule has 0 saturated carbocycles. The fourth-order valence-corrected chi connectivity index (χ4v) is 2.50. The van der Waals surface area contributed by atoms with Crippen molar-refractivity contribution in [3.8, 4) is 0 Å². The topological polar surface area (TPSA) is 50.7 Å². The Bertz CT molecular complexity index is 729. The second-order valence-electron chi connectivity index (χ2n) is 7.03. The zero-order valence-electron chi connectivity index (χ0n) is 15.5. The van der Waals surface area contributed by atoms with Crippen molar-refractivity contribution in [2.75, 3.05) is 7.11 Å². The molecule has 0 fully saturated rings. The van der Waals surface area contributed by atoms with Gasteiger partial charge >= 0.3 is 0 Å². The van der Waals surface area contributed by atoms with E-state index in [0.29, 0.717) is 0 Å². The van der Waals surface area contributed by atoms with Crippen LogP contribution in [0.25, 0.3) is 0 Å². The summed E-state index contributed by atoms with van der Waals surface area (Å²) in [6.45, 7) is 8.41. The first-order valence-electron chi connectivity index (χ1n) is 8.35. The highest BCUT2D eigenvalue weighted by molar-refractivity contribution is 5.99. The molecule has 2 aromatic rings. The third-order valence-corrected chi connectivity index (χ3v) is 4.08. The molecule has 1 atom stereocenters. The Kier molecular flexibility index (Phi) is 6.10. The van der Waals surface area contributed by atoms with Crippen molar-refractivity contribution in [1.82, 2.24) is 5.43 Å². The van der Waals surface area contributed by atoms with E-state index in [4.69, 9.17) is 4.74 Å². The summed E-state index contributed by atoms with van der Waals surface area (Å²) in [6.07, 6.45) is -0.680. The molecule has 0 aromatic heterocycles. The van der Waals surface area contributed by atoms with Gasteiger partial charge in [-0.2, -0.15) is 5.10 Å². The summed E-state index contributed by atoms with van der Waals surface area (Å²) in [6, 6.07) is 17.6. The monoisotopic (exact) mass is 338 g/mol. The smallest absolute Gasteiger partial charge is 0.273 e. The molecule has 1 N–H and O–H groups in total. The van der Waals surface area contributed by atoms with E-state index in [2.05, 4.69) is 43.4 Å². The number of carbonyl (C=O) groups excluding carboxylic acids is 1. The van der Waals surface area contributed by atoms with Gasteiger partial charge < -0.3 is 4.74 Å². The molecular formula is C21H26N2O2. The number of benzene rings is 2. The molecule has 1 amide bonds. The number of nitrogens with zero attached hydrogens (tertiary/aromatic N) is 1. The first kappa shape index (κ1) is 18.9. The molecule has 132 valence electrons. The summed E-state index contributed by atoms with van der Waals surface area (Å²) >= 11 is 0. The van der Waals surface area contributed by atoms with Crippen molar-refractivity contribution in [3.05, 3.63) is 71.3 Å². The molecule has 25 heavy (non-hydrogen) atoms. The van der Waals surface area contributed by atoms with E-state index in [1.54, 1.807) is 0 Å². The summed E-state index contributed by atoms with van der Waals surface area (Å²) in [4.78, 5) is 12.4. The molecule has 4 nitrogen and oxygen atoms in total. The average Bonchev–Trinajstić information content (AvgIpc) is 2.60. The maximum absolute atomic E-state index is 12.4. The van der Waals surface area contributed by atoms with Gasteiger partial charge in [0.1, 0.15) is 0 Å². The molecule has 0 aliphatic rings. The molecule has 0 aliphatic heterocycles. The van der Waals surface area contributed by atoms with E-state index >= 15 is 0 Å². The van der Waals surface area contributed by atoms with Gasteiger partial charge in [0.05, 0.1) is 5.71 Å². The summed E-state index contributed by atoms with van der Waals surface area (Å²) in [5, 5.41) is 4.22. The Morgan fingerprint density at radius 1 is 1.04 bits per heavy atom. The van der Waals surface area contributed by atoms with Gasteiger partial charge in [0, 0.05) is 7.11 Å². The molecule has 0 bridgehead atoms. The van der Waals surface area contributed by atoms with Gasteiger partial charge in [0.25, 0.3) is 5.91 Å². The molecule has 0 radical (unpaired) electrons. The van der Waals surface area contributed by atoms with E-state index in [9.17, 15) is 4.79 Å². The number of hydrogen-bond acceptors (Lipinski definition) is 3. The van der Waals surface area contributed by atoms with Crippen LogP contribution in [0.15, 0.2) is 59.7 Å². The summed E-state index contributed by atoms with van der Waals surface area (Å²) in [5.74, 6) is -0.292. The van der Waals surface area contributed by atoms with Crippen molar-refractivity contribution in [2.24, 2.45) is 5.10 Å². The number of carbonyl (C=O) groups is 1. The lowest BCUT2D eigenvalue weighted by molar-refractivity contribution is -0.131. The van der Waals surface area contributed by atoms with Crippen molar-refractivity contribution in [2.45, 2.75) is 39.2 Å². The van der Waals surface area contributed by atoms with Crippen molar-refractivity contribution >= 4 is 11.6 Å². The summed E-state index contributed by atoms with van der Waals surface area (Å²) < 4.78 is 5.31. The Labute approximate surface area is 149 Å². The number of nitrogens with one attached hydrogen (secondary N) is 1. The second kappa shape index (κ2) is 8.08. The maximum Gasteiger partial charge on any atom is 0.273 e. The predicted octanol–water partition coefficient (Wildman–Crippen LogP) is 4.21. The third kappa shape index (κ3) is 5.00. The minimum Gasteiger partial charge on any atom is -0.367 e. The largest absolute Gasteiger partial charge is 0.367 e. The lowest BCUT2D eigenvalue weighted by atomic mass is 9.86. The Morgan fingerprint density at radius 3 is 2.16 bits per heavy atom. The standard InChI is InChI=1S/C21H26N2O2/c1-15(16-11-13-18(14-12-16)21(2,3)4)22-23-20(24)19(25-5)17-9-7-6-8-10-17/h6-14,19H,1-5H3,(H,23,24)/b22-15-/t19-/m1/s1. The van der Waals surface area contributed by atoms with Gasteiger partial charge in [-0.3, -0.25) is 4.79 Å². The fourth-order valence-electron chi connectivity index (χ4n) is 2.50. The minimum absolute atomic E-state index is 0.110. The van der Waals surface area contributed by atoms with Crippen molar-refractivity contribution in [3.63, 3.8) is 0 Å². The van der Waals surface area contributed by atoms with Gasteiger partial charge in [-0.25, -0.2) is 5.43 Å².